The molecular formula is C18H16ClFN6O. The monoisotopic (exact) mass is 386 g/mol. The highest BCUT2D eigenvalue weighted by Crippen LogP contribution is 2.21. The molecule has 138 valence electrons. The van der Waals surface area contributed by atoms with Gasteiger partial charge in [-0.3, -0.25) is 9.20 Å². The highest BCUT2D eigenvalue weighted by Gasteiger charge is 2.15. The summed E-state index contributed by atoms with van der Waals surface area (Å²) in [6.07, 6.45) is 2.35. The van der Waals surface area contributed by atoms with Gasteiger partial charge in [0.05, 0.1) is 21.6 Å². The molecule has 0 unspecified atom stereocenters. The van der Waals surface area contributed by atoms with Crippen LogP contribution in [0, 0.1) is 19.7 Å². The minimum Gasteiger partial charge on any atom is -0.351 e. The Morgan fingerprint density at radius 1 is 1.30 bits per heavy atom. The zero-order chi connectivity index (χ0) is 19.1. The maximum Gasteiger partial charge on any atom is 0.255 e. The minimum atomic E-state index is -0.500. The second kappa shape index (κ2) is 6.62. The van der Waals surface area contributed by atoms with Crippen LogP contribution in [0.1, 0.15) is 27.6 Å². The summed E-state index contributed by atoms with van der Waals surface area (Å²) in [6.45, 7) is 4.11. The van der Waals surface area contributed by atoms with E-state index >= 15 is 0 Å². The number of halogens is 2. The molecule has 7 nitrogen and oxygen atoms in total. The second-order valence-corrected chi connectivity index (χ2v) is 6.75. The van der Waals surface area contributed by atoms with E-state index in [0.29, 0.717) is 41.0 Å². The molecule has 2 N–H and O–H groups in total. The number of pyridine rings is 1. The maximum atomic E-state index is 13.5. The number of imidazole rings is 1. The van der Waals surface area contributed by atoms with Gasteiger partial charge in [0, 0.05) is 25.2 Å². The smallest absolute Gasteiger partial charge is 0.255 e. The number of hydrogen-bond donors (Lipinski definition) is 2. The van der Waals surface area contributed by atoms with Crippen LogP contribution in [-0.4, -0.2) is 37.0 Å². The Labute approximate surface area is 158 Å². The van der Waals surface area contributed by atoms with E-state index in [1.807, 2.05) is 20.0 Å². The van der Waals surface area contributed by atoms with E-state index < -0.39 is 5.82 Å². The van der Waals surface area contributed by atoms with Crippen LogP contribution in [0.5, 0.6) is 0 Å². The van der Waals surface area contributed by atoms with E-state index in [2.05, 4.69) is 25.5 Å². The third kappa shape index (κ3) is 3.23. The largest absolute Gasteiger partial charge is 0.351 e. The van der Waals surface area contributed by atoms with E-state index in [0.717, 1.165) is 11.4 Å². The zero-order valence-electron chi connectivity index (χ0n) is 14.7. The molecule has 0 fully saturated rings. The molecule has 0 aliphatic rings. The number of benzene rings is 1. The quantitative estimate of drug-likeness (QED) is 0.564. The molecule has 0 aliphatic carbocycles. The van der Waals surface area contributed by atoms with Gasteiger partial charge in [-0.05, 0) is 31.5 Å². The number of nitrogens with zero attached hydrogens (tertiary/aromatic N) is 4. The predicted molar refractivity (Wildman–Crippen MR) is 99.6 cm³/mol. The lowest BCUT2D eigenvalue weighted by atomic mass is 10.2. The number of aryl methyl sites for hydroxylation is 2. The first-order chi connectivity index (χ1) is 12.9. The number of aromatic nitrogens is 5. The Hall–Kier alpha value is -3.00. The molecule has 1 aromatic carbocycles. The average molecular weight is 387 g/mol. The number of H-pyrrole nitrogens is 1. The fourth-order valence-corrected chi connectivity index (χ4v) is 3.13. The molecular weight excluding hydrogens is 371 g/mol. The summed E-state index contributed by atoms with van der Waals surface area (Å²) in [5.74, 6) is 0.622. The lowest BCUT2D eigenvalue weighted by molar-refractivity contribution is 0.0955. The molecule has 0 bridgehead atoms. The molecule has 0 aliphatic heterocycles. The van der Waals surface area contributed by atoms with Gasteiger partial charge < -0.3 is 10.3 Å². The van der Waals surface area contributed by atoms with Gasteiger partial charge in [-0.2, -0.15) is 0 Å². The fourth-order valence-electron chi connectivity index (χ4n) is 2.97. The first-order valence-electron chi connectivity index (χ1n) is 8.36. The van der Waals surface area contributed by atoms with Crippen molar-refractivity contribution in [3.63, 3.8) is 0 Å². The molecule has 3 aromatic heterocycles. The first kappa shape index (κ1) is 17.4. The summed E-state index contributed by atoms with van der Waals surface area (Å²) >= 11 is 5.77. The van der Waals surface area contributed by atoms with Crippen molar-refractivity contribution in [3.05, 3.63) is 58.0 Å². The van der Waals surface area contributed by atoms with Crippen LogP contribution >= 0.6 is 11.6 Å². The van der Waals surface area contributed by atoms with E-state index in [-0.39, 0.29) is 10.9 Å². The van der Waals surface area contributed by atoms with Crippen molar-refractivity contribution in [1.82, 2.24) is 29.9 Å². The molecule has 0 saturated carbocycles. The third-order valence-electron chi connectivity index (χ3n) is 4.28. The second-order valence-electron chi connectivity index (χ2n) is 6.34. The number of carbonyl (C=O) groups is 1. The number of aromatic amines is 1. The predicted octanol–water partition coefficient (Wildman–Crippen LogP) is 2.99. The molecule has 9 heteroatoms. The Morgan fingerprint density at radius 2 is 2.11 bits per heavy atom. The van der Waals surface area contributed by atoms with Gasteiger partial charge in [0.25, 0.3) is 5.91 Å². The van der Waals surface area contributed by atoms with Gasteiger partial charge in [-0.1, -0.05) is 11.6 Å². The van der Waals surface area contributed by atoms with Crippen molar-refractivity contribution in [2.24, 2.45) is 0 Å². The maximum absolute atomic E-state index is 13.5. The summed E-state index contributed by atoms with van der Waals surface area (Å²) < 4.78 is 15.3. The first-order valence-corrected chi connectivity index (χ1v) is 8.74. The van der Waals surface area contributed by atoms with Crippen LogP contribution in [0.4, 0.5) is 4.39 Å². The van der Waals surface area contributed by atoms with Crippen LogP contribution in [-0.2, 0) is 6.42 Å². The number of amides is 1. The summed E-state index contributed by atoms with van der Waals surface area (Å²) in [5, 5.41) is 11.0. The highest BCUT2D eigenvalue weighted by molar-refractivity contribution is 6.31. The fraction of sp³-hybridized carbons (Fsp3) is 0.222. The summed E-state index contributed by atoms with van der Waals surface area (Å²) in [7, 11) is 0. The van der Waals surface area contributed by atoms with Gasteiger partial charge >= 0.3 is 0 Å². The summed E-state index contributed by atoms with van der Waals surface area (Å²) in [4.78, 5) is 20.0. The molecule has 4 rings (SSSR count). The van der Waals surface area contributed by atoms with Crippen molar-refractivity contribution in [2.45, 2.75) is 20.3 Å². The molecule has 0 spiro atoms. The van der Waals surface area contributed by atoms with Crippen molar-refractivity contribution in [3.8, 4) is 0 Å². The van der Waals surface area contributed by atoms with Gasteiger partial charge in [0.1, 0.15) is 17.5 Å². The van der Waals surface area contributed by atoms with Crippen LogP contribution in [0.15, 0.2) is 24.4 Å². The lowest BCUT2D eigenvalue weighted by Gasteiger charge is -2.07. The SMILES string of the molecule is Cc1cc(C(=O)NCCc2nc3cc(Cl)c(F)cc3[nH]2)c2nnc(C)n2c1. The number of rotatable bonds is 4. The number of hydrogen-bond acceptors (Lipinski definition) is 4. The molecule has 3 heterocycles. The van der Waals surface area contributed by atoms with Gasteiger partial charge in [0.2, 0.25) is 0 Å². The van der Waals surface area contributed by atoms with E-state index in [4.69, 9.17) is 11.6 Å². The van der Waals surface area contributed by atoms with Crippen molar-refractivity contribution in [2.75, 3.05) is 6.54 Å². The number of nitrogens with one attached hydrogen (secondary N) is 2. The highest BCUT2D eigenvalue weighted by atomic mass is 35.5. The lowest BCUT2D eigenvalue weighted by Crippen LogP contribution is -2.26. The Balaban J connectivity index is 1.49. The standard InChI is InChI=1S/C18H16ClFN6O/c1-9-5-11(17-25-24-10(2)26(17)8-9)18(27)21-4-3-16-22-14-6-12(19)13(20)7-15(14)23-16/h5-8H,3-4H2,1-2H3,(H,21,27)(H,22,23). The Kier molecular flexibility index (Phi) is 4.27. The van der Waals surface area contributed by atoms with Crippen molar-refractivity contribution >= 4 is 34.2 Å². The Morgan fingerprint density at radius 3 is 2.93 bits per heavy atom. The molecule has 27 heavy (non-hydrogen) atoms. The van der Waals surface area contributed by atoms with Gasteiger partial charge in [-0.25, -0.2) is 9.37 Å². The molecule has 0 saturated heterocycles. The molecule has 1 amide bonds. The Bertz CT molecular complexity index is 1140. The van der Waals surface area contributed by atoms with E-state index in [1.54, 1.807) is 10.5 Å². The molecule has 4 aromatic rings. The van der Waals surface area contributed by atoms with Crippen LogP contribution in [0.3, 0.4) is 0 Å². The van der Waals surface area contributed by atoms with Crippen LogP contribution in [0.25, 0.3) is 16.7 Å². The van der Waals surface area contributed by atoms with Crippen LogP contribution < -0.4 is 5.32 Å². The number of fused-ring (bicyclic) bond motifs is 2. The van der Waals surface area contributed by atoms with Gasteiger partial charge in [-0.15, -0.1) is 10.2 Å². The molecule has 0 atom stereocenters. The average Bonchev–Trinajstić information content (AvgIpc) is 3.18. The van der Waals surface area contributed by atoms with E-state index in [1.165, 1.54) is 12.1 Å². The number of carbonyl (C=O) groups excluding carboxylic acids is 1. The topological polar surface area (TPSA) is 88.0 Å². The normalized spacial score (nSPS) is 11.4. The summed E-state index contributed by atoms with van der Waals surface area (Å²) in [6, 6.07) is 4.57. The van der Waals surface area contributed by atoms with E-state index in [9.17, 15) is 9.18 Å². The third-order valence-corrected chi connectivity index (χ3v) is 4.57. The molecule has 0 radical (unpaired) electrons. The van der Waals surface area contributed by atoms with Crippen molar-refractivity contribution in [1.29, 1.82) is 0 Å². The van der Waals surface area contributed by atoms with Crippen molar-refractivity contribution < 1.29 is 9.18 Å². The zero-order valence-corrected chi connectivity index (χ0v) is 15.4. The minimum absolute atomic E-state index is 0.0286. The van der Waals surface area contributed by atoms with Gasteiger partial charge in [0.15, 0.2) is 5.65 Å². The summed E-state index contributed by atoms with van der Waals surface area (Å²) in [5.41, 5.74) is 3.07. The van der Waals surface area contributed by atoms with Crippen LogP contribution in [0.2, 0.25) is 5.02 Å².